The Morgan fingerprint density at radius 3 is 2.33 bits per heavy atom. The largest absolute Gasteiger partial charge is 0.460 e. The number of ether oxygens (including phenoxy) is 1. The highest BCUT2D eigenvalue weighted by Gasteiger charge is 2.37. The Kier molecular flexibility index (Phi) is 20.3. The van der Waals surface area contributed by atoms with Gasteiger partial charge >= 0.3 is 16.4 Å². The molecule has 0 aromatic rings. The number of ketones is 1. The van der Waals surface area contributed by atoms with Crippen molar-refractivity contribution in [3.63, 3.8) is 0 Å². The van der Waals surface area contributed by atoms with Crippen molar-refractivity contribution >= 4 is 45.8 Å². The van der Waals surface area contributed by atoms with Gasteiger partial charge in [-0.2, -0.15) is 8.42 Å². The Labute approximate surface area is 307 Å². The number of esters is 1. The zero-order valence-corrected chi connectivity index (χ0v) is 32.1. The van der Waals surface area contributed by atoms with E-state index in [1.54, 1.807) is 13.0 Å². The third kappa shape index (κ3) is 18.0. The first-order chi connectivity index (χ1) is 24.2. The molecule has 4 amide bonds. The average molecular weight is 755 g/mol. The predicted molar refractivity (Wildman–Crippen MR) is 194 cm³/mol. The van der Waals surface area contributed by atoms with Crippen molar-refractivity contribution in [2.45, 2.75) is 124 Å². The number of rotatable bonds is 19. The van der Waals surface area contributed by atoms with Crippen LogP contribution in [-0.4, -0.2) is 73.1 Å². The van der Waals surface area contributed by atoms with Crippen molar-refractivity contribution in [2.24, 2.45) is 29.4 Å². The molecule has 0 aromatic carbocycles. The van der Waals surface area contributed by atoms with E-state index >= 15 is 0 Å². The third-order valence-corrected chi connectivity index (χ3v) is 9.41. The minimum Gasteiger partial charge on any atom is -0.460 e. The van der Waals surface area contributed by atoms with Gasteiger partial charge in [-0.3, -0.25) is 28.5 Å². The Bertz CT molecular complexity index is 1440. The van der Waals surface area contributed by atoms with Gasteiger partial charge in [0.1, 0.15) is 12.1 Å². The summed E-state index contributed by atoms with van der Waals surface area (Å²) in [5, 5.41) is 7.15. The van der Waals surface area contributed by atoms with Crippen LogP contribution >= 0.6 is 0 Å². The summed E-state index contributed by atoms with van der Waals surface area (Å²) < 4.78 is 41.8. The summed E-state index contributed by atoms with van der Waals surface area (Å²) in [6.45, 7) is 14.1. The van der Waals surface area contributed by atoms with Crippen LogP contribution in [0.15, 0.2) is 36.1 Å². The molecule has 0 aliphatic carbocycles. The summed E-state index contributed by atoms with van der Waals surface area (Å²) >= 11 is 0. The number of hydrogen-bond acceptors (Lipinski definition) is 10. The number of nitrogens with one attached hydrogen (secondary N) is 3. The Morgan fingerprint density at radius 2 is 1.71 bits per heavy atom. The van der Waals surface area contributed by atoms with Crippen LogP contribution in [0.4, 0.5) is 0 Å². The second kappa shape index (κ2) is 22.9. The fraction of sp³-hybridized carbons (Fsp3) is 0.667. The number of carbonyl (C=O) groups excluding carboxylic acids is 6. The normalized spacial score (nSPS) is 23.1. The number of cyclic esters (lactones) is 1. The van der Waals surface area contributed by atoms with Gasteiger partial charge in [0.15, 0.2) is 11.9 Å². The first-order valence-electron chi connectivity index (χ1n) is 17.9. The molecular formula is C36H58N4O11S. The zero-order valence-electron chi connectivity index (χ0n) is 31.3. The molecule has 1 rings (SSSR count). The van der Waals surface area contributed by atoms with Crippen LogP contribution in [0.5, 0.6) is 0 Å². The molecule has 1 fully saturated rings. The molecule has 15 nitrogen and oxygen atoms in total. The summed E-state index contributed by atoms with van der Waals surface area (Å²) in [5.41, 5.74) is 5.87. The lowest BCUT2D eigenvalue weighted by Crippen LogP contribution is -2.51. The van der Waals surface area contributed by atoms with Crippen LogP contribution in [-0.2, 0) is 48.1 Å². The summed E-state index contributed by atoms with van der Waals surface area (Å²) in [6, 6.07) is -1.75. The van der Waals surface area contributed by atoms with E-state index in [1.807, 2.05) is 6.92 Å². The van der Waals surface area contributed by atoms with Crippen LogP contribution in [0.2, 0.25) is 0 Å². The van der Waals surface area contributed by atoms with E-state index in [9.17, 15) is 37.2 Å². The SMILES string of the molecule is C=C1NC(=O)C(C)C(CCC(C)C(=O)C=CC(C)=CCC(C)CCCCCCC)OC(=O)C(CC(OS(=O)(=O)O)C(N)=O)NC(=O)C(C)CNC1=O. The molecule has 0 bridgehead atoms. The number of unbranched alkanes of at least 4 members (excludes halogenated alkanes) is 4. The molecular weight excluding hydrogens is 696 g/mol. The van der Waals surface area contributed by atoms with E-state index in [0.29, 0.717) is 5.92 Å². The maximum absolute atomic E-state index is 13.5. The number of allylic oxidation sites excluding steroid dienone is 4. The first-order valence-corrected chi connectivity index (χ1v) is 19.2. The van der Waals surface area contributed by atoms with Gasteiger partial charge in [0, 0.05) is 18.9 Å². The molecule has 0 aromatic heterocycles. The molecule has 6 N–H and O–H groups in total. The van der Waals surface area contributed by atoms with E-state index in [1.165, 1.54) is 52.0 Å². The molecule has 294 valence electrons. The number of hydrogen-bond donors (Lipinski definition) is 5. The van der Waals surface area contributed by atoms with Crippen molar-refractivity contribution in [3.8, 4) is 0 Å². The van der Waals surface area contributed by atoms with Crippen molar-refractivity contribution in [3.05, 3.63) is 36.1 Å². The highest BCUT2D eigenvalue weighted by molar-refractivity contribution is 7.80. The van der Waals surface area contributed by atoms with E-state index in [4.69, 9.17) is 15.0 Å². The Morgan fingerprint density at radius 1 is 1.06 bits per heavy atom. The van der Waals surface area contributed by atoms with Crippen LogP contribution < -0.4 is 21.7 Å². The van der Waals surface area contributed by atoms with Crippen molar-refractivity contribution in [1.29, 1.82) is 0 Å². The molecule has 0 spiro atoms. The fourth-order valence-corrected chi connectivity index (χ4v) is 5.74. The van der Waals surface area contributed by atoms with Gasteiger partial charge in [0.2, 0.25) is 17.7 Å². The monoisotopic (exact) mass is 754 g/mol. The molecule has 1 heterocycles. The minimum atomic E-state index is -5.21. The highest BCUT2D eigenvalue weighted by atomic mass is 32.3. The molecule has 7 atom stereocenters. The second-order valence-corrected chi connectivity index (χ2v) is 14.8. The number of nitrogens with two attached hydrogens (primary N) is 1. The van der Waals surface area contributed by atoms with Gasteiger partial charge in [-0.05, 0) is 38.2 Å². The summed E-state index contributed by atoms with van der Waals surface area (Å²) in [6.07, 6.45) is 9.49. The summed E-state index contributed by atoms with van der Waals surface area (Å²) in [7, 11) is -5.21. The van der Waals surface area contributed by atoms with Crippen LogP contribution in [0.25, 0.3) is 0 Å². The predicted octanol–water partition coefficient (Wildman–Crippen LogP) is 3.35. The fourth-order valence-electron chi connectivity index (χ4n) is 5.27. The molecule has 0 saturated carbocycles. The maximum atomic E-state index is 13.5. The van der Waals surface area contributed by atoms with Gasteiger partial charge in [-0.25, -0.2) is 8.98 Å². The van der Waals surface area contributed by atoms with Crippen molar-refractivity contribution in [1.82, 2.24) is 16.0 Å². The molecule has 1 aliphatic heterocycles. The Balaban J connectivity index is 3.18. The van der Waals surface area contributed by atoms with Gasteiger partial charge in [-0.15, -0.1) is 0 Å². The zero-order chi connectivity index (χ0) is 39.6. The van der Waals surface area contributed by atoms with Gasteiger partial charge < -0.3 is 26.4 Å². The maximum Gasteiger partial charge on any atom is 0.398 e. The van der Waals surface area contributed by atoms with Crippen molar-refractivity contribution < 1.29 is 50.7 Å². The van der Waals surface area contributed by atoms with Gasteiger partial charge in [0.25, 0.3) is 5.91 Å². The standard InChI is InChI=1S/C36H58N4O11S/c1-8-9-10-11-12-13-22(2)14-15-23(3)16-18-29(41)24(4)17-19-30-26(6)34(44)39-27(7)35(45)38-21-25(5)33(43)40-28(36(46)50-30)20-31(32(37)42)51-52(47,48)49/h15-16,18,22,24-26,28,30-31H,7-14,17,19-21H2,1-6H3,(H2,37,42)(H,38,45)(H,39,44)(H,40,43)(H,47,48,49). The molecule has 52 heavy (non-hydrogen) atoms. The lowest BCUT2D eigenvalue weighted by Gasteiger charge is -2.29. The van der Waals surface area contributed by atoms with Gasteiger partial charge in [0.05, 0.1) is 17.5 Å². The second-order valence-electron chi connectivity index (χ2n) is 13.8. The van der Waals surface area contributed by atoms with Crippen LogP contribution in [0, 0.1) is 23.7 Å². The third-order valence-electron chi connectivity index (χ3n) is 8.93. The van der Waals surface area contributed by atoms with Gasteiger partial charge in [-0.1, -0.05) is 97.4 Å². The molecule has 1 saturated heterocycles. The molecule has 16 heteroatoms. The van der Waals surface area contributed by atoms with E-state index in [2.05, 4.69) is 46.6 Å². The van der Waals surface area contributed by atoms with E-state index < -0.39 is 82.4 Å². The lowest BCUT2D eigenvalue weighted by atomic mass is 9.92. The average Bonchev–Trinajstić information content (AvgIpc) is 3.07. The molecule has 7 unspecified atom stereocenters. The van der Waals surface area contributed by atoms with E-state index in [-0.39, 0.29) is 30.9 Å². The number of carbonyl (C=O) groups is 6. The quantitative estimate of drug-likeness (QED) is 0.0421. The Hall–Kier alpha value is -3.89. The minimum absolute atomic E-state index is 0.0256. The van der Waals surface area contributed by atoms with Crippen LogP contribution in [0.3, 0.4) is 0 Å². The van der Waals surface area contributed by atoms with E-state index in [0.717, 1.165) is 18.4 Å². The first kappa shape index (κ1) is 46.1. The summed E-state index contributed by atoms with van der Waals surface area (Å²) in [5.74, 6) is -7.19. The highest BCUT2D eigenvalue weighted by Crippen LogP contribution is 2.22. The van der Waals surface area contributed by atoms with Crippen molar-refractivity contribution in [2.75, 3.05) is 6.54 Å². The summed E-state index contributed by atoms with van der Waals surface area (Å²) in [4.78, 5) is 77.2. The van der Waals surface area contributed by atoms with Crippen LogP contribution in [0.1, 0.15) is 106 Å². The smallest absolute Gasteiger partial charge is 0.398 e. The molecule has 0 radical (unpaired) electrons. The molecule has 1 aliphatic rings. The number of amides is 4. The topological polar surface area (TPSA) is 237 Å². The number of primary amides is 1. The lowest BCUT2D eigenvalue weighted by molar-refractivity contribution is -0.159.